The van der Waals surface area contributed by atoms with Crippen molar-refractivity contribution in [1.29, 1.82) is 0 Å². The molecule has 0 saturated heterocycles. The minimum Gasteiger partial charge on any atom is -0.398 e. The first-order chi connectivity index (χ1) is 9.79. The van der Waals surface area contributed by atoms with Crippen LogP contribution >= 0.6 is 11.6 Å². The Labute approximate surface area is 123 Å². The van der Waals surface area contributed by atoms with E-state index in [1.54, 1.807) is 12.1 Å². The molecule has 2 aromatic rings. The number of carbonyl (C=O) groups is 1. The fourth-order valence-corrected chi connectivity index (χ4v) is 1.87. The van der Waals surface area contributed by atoms with Crippen LogP contribution in [0.4, 0.5) is 24.5 Å². The molecule has 0 atom stereocenters. The van der Waals surface area contributed by atoms with Crippen LogP contribution in [0.2, 0.25) is 5.02 Å². The second-order valence-electron chi connectivity index (χ2n) is 4.23. The SMILES string of the molecule is Nc1c(C(=O)Nc2ccc(Cl)cc2)cccc1C(F)(F)F. The Hall–Kier alpha value is -2.21. The number of nitrogen functional groups attached to an aromatic ring is 1. The topological polar surface area (TPSA) is 55.1 Å². The normalized spacial score (nSPS) is 11.2. The number of amides is 1. The average molecular weight is 315 g/mol. The van der Waals surface area contributed by atoms with Gasteiger partial charge in [0.1, 0.15) is 0 Å². The molecule has 2 aromatic carbocycles. The lowest BCUT2D eigenvalue weighted by molar-refractivity contribution is -0.136. The highest BCUT2D eigenvalue weighted by Gasteiger charge is 2.34. The van der Waals surface area contributed by atoms with Gasteiger partial charge >= 0.3 is 6.18 Å². The maximum absolute atomic E-state index is 12.7. The molecule has 0 heterocycles. The van der Waals surface area contributed by atoms with Crippen molar-refractivity contribution >= 4 is 28.9 Å². The van der Waals surface area contributed by atoms with Gasteiger partial charge in [-0.1, -0.05) is 17.7 Å². The summed E-state index contributed by atoms with van der Waals surface area (Å²) in [5.74, 6) is -0.721. The summed E-state index contributed by atoms with van der Waals surface area (Å²) in [5, 5.41) is 2.94. The summed E-state index contributed by atoms with van der Waals surface area (Å²) < 4.78 is 38.2. The quantitative estimate of drug-likeness (QED) is 0.816. The molecular weight excluding hydrogens is 305 g/mol. The van der Waals surface area contributed by atoms with Crippen LogP contribution in [0, 0.1) is 0 Å². The van der Waals surface area contributed by atoms with Crippen LogP contribution in [0.15, 0.2) is 42.5 Å². The van der Waals surface area contributed by atoms with Crippen molar-refractivity contribution in [2.45, 2.75) is 6.18 Å². The molecule has 0 fully saturated rings. The van der Waals surface area contributed by atoms with Crippen LogP contribution < -0.4 is 11.1 Å². The molecule has 1 amide bonds. The molecular formula is C14H10ClF3N2O. The summed E-state index contributed by atoms with van der Waals surface area (Å²) in [6.45, 7) is 0. The summed E-state index contributed by atoms with van der Waals surface area (Å²) in [5.41, 5.74) is 3.98. The largest absolute Gasteiger partial charge is 0.418 e. The van der Waals surface area contributed by atoms with Crippen molar-refractivity contribution in [3.63, 3.8) is 0 Å². The van der Waals surface area contributed by atoms with Crippen molar-refractivity contribution in [3.8, 4) is 0 Å². The number of hydrogen-bond donors (Lipinski definition) is 2. The number of alkyl halides is 3. The molecule has 7 heteroatoms. The number of hydrogen-bond acceptors (Lipinski definition) is 2. The molecule has 0 unspecified atom stereocenters. The molecule has 3 N–H and O–H groups in total. The summed E-state index contributed by atoms with van der Waals surface area (Å²) in [6.07, 6.45) is -4.61. The summed E-state index contributed by atoms with van der Waals surface area (Å²) >= 11 is 5.70. The van der Waals surface area contributed by atoms with Gasteiger partial charge in [-0.2, -0.15) is 13.2 Å². The number of nitrogens with one attached hydrogen (secondary N) is 1. The lowest BCUT2D eigenvalue weighted by Gasteiger charge is -2.13. The zero-order chi connectivity index (χ0) is 15.6. The maximum Gasteiger partial charge on any atom is 0.418 e. The van der Waals surface area contributed by atoms with E-state index < -0.39 is 23.3 Å². The van der Waals surface area contributed by atoms with Crippen LogP contribution in [0.25, 0.3) is 0 Å². The van der Waals surface area contributed by atoms with Crippen molar-refractivity contribution in [3.05, 3.63) is 58.6 Å². The van der Waals surface area contributed by atoms with E-state index in [4.69, 9.17) is 17.3 Å². The maximum atomic E-state index is 12.7. The van der Waals surface area contributed by atoms with E-state index in [0.29, 0.717) is 10.7 Å². The Morgan fingerprint density at radius 3 is 2.29 bits per heavy atom. The highest BCUT2D eigenvalue weighted by atomic mass is 35.5. The number of para-hydroxylation sites is 1. The van der Waals surface area contributed by atoms with Crippen LogP contribution in [-0.4, -0.2) is 5.91 Å². The van der Waals surface area contributed by atoms with Gasteiger partial charge in [-0.15, -0.1) is 0 Å². The van der Waals surface area contributed by atoms with E-state index in [-0.39, 0.29) is 5.56 Å². The van der Waals surface area contributed by atoms with Crippen LogP contribution in [0.3, 0.4) is 0 Å². The number of benzene rings is 2. The molecule has 21 heavy (non-hydrogen) atoms. The molecule has 0 aliphatic rings. The predicted molar refractivity (Wildman–Crippen MR) is 75.3 cm³/mol. The molecule has 0 saturated carbocycles. The van der Waals surface area contributed by atoms with E-state index in [2.05, 4.69) is 5.32 Å². The van der Waals surface area contributed by atoms with Crippen molar-refractivity contribution in [1.82, 2.24) is 0 Å². The van der Waals surface area contributed by atoms with Gasteiger partial charge in [-0.3, -0.25) is 4.79 Å². The van der Waals surface area contributed by atoms with Crippen molar-refractivity contribution < 1.29 is 18.0 Å². The Balaban J connectivity index is 2.30. The zero-order valence-electron chi connectivity index (χ0n) is 10.5. The number of carbonyl (C=O) groups excluding carboxylic acids is 1. The second kappa shape index (κ2) is 5.65. The third-order valence-electron chi connectivity index (χ3n) is 2.76. The molecule has 3 nitrogen and oxygen atoms in total. The standard InChI is InChI=1S/C14H10ClF3N2O/c15-8-4-6-9(7-5-8)20-13(21)10-2-1-3-11(12(10)19)14(16,17)18/h1-7H,19H2,(H,20,21). The molecule has 2 rings (SSSR count). The molecule has 0 aliphatic heterocycles. The van der Waals surface area contributed by atoms with E-state index in [1.807, 2.05) is 0 Å². The van der Waals surface area contributed by atoms with E-state index in [1.165, 1.54) is 18.2 Å². The Morgan fingerprint density at radius 2 is 1.71 bits per heavy atom. The lowest BCUT2D eigenvalue weighted by atomic mass is 10.1. The fourth-order valence-electron chi connectivity index (χ4n) is 1.74. The van der Waals surface area contributed by atoms with Crippen LogP contribution in [0.1, 0.15) is 15.9 Å². The molecule has 0 aliphatic carbocycles. The summed E-state index contributed by atoms with van der Waals surface area (Å²) in [6, 6.07) is 9.35. The molecule has 0 spiro atoms. The van der Waals surface area contributed by atoms with E-state index >= 15 is 0 Å². The predicted octanol–water partition coefficient (Wildman–Crippen LogP) is 4.19. The average Bonchev–Trinajstić information content (AvgIpc) is 2.40. The first-order valence-electron chi connectivity index (χ1n) is 5.81. The first kappa shape index (κ1) is 15.2. The smallest absolute Gasteiger partial charge is 0.398 e. The van der Waals surface area contributed by atoms with Gasteiger partial charge in [0, 0.05) is 10.7 Å². The van der Waals surface area contributed by atoms with Gasteiger partial charge in [0.25, 0.3) is 5.91 Å². The van der Waals surface area contributed by atoms with E-state index in [0.717, 1.165) is 12.1 Å². The fraction of sp³-hybridized carbons (Fsp3) is 0.0714. The van der Waals surface area contributed by atoms with Crippen LogP contribution in [0.5, 0.6) is 0 Å². The van der Waals surface area contributed by atoms with Gasteiger partial charge < -0.3 is 11.1 Å². The summed E-state index contributed by atoms with van der Waals surface area (Å²) in [7, 11) is 0. The van der Waals surface area contributed by atoms with Crippen molar-refractivity contribution in [2.75, 3.05) is 11.1 Å². The first-order valence-corrected chi connectivity index (χ1v) is 6.19. The molecule has 110 valence electrons. The number of anilines is 2. The Kier molecular flexibility index (Phi) is 4.09. The zero-order valence-corrected chi connectivity index (χ0v) is 11.3. The minimum absolute atomic E-state index is 0.236. The van der Waals surface area contributed by atoms with Gasteiger partial charge in [0.2, 0.25) is 0 Å². The summed E-state index contributed by atoms with van der Waals surface area (Å²) in [4.78, 5) is 12.0. The molecule has 0 radical (unpaired) electrons. The van der Waals surface area contributed by atoms with Gasteiger partial charge in [-0.25, -0.2) is 0 Å². The van der Waals surface area contributed by atoms with Gasteiger partial charge in [0.15, 0.2) is 0 Å². The van der Waals surface area contributed by atoms with Crippen LogP contribution in [-0.2, 0) is 6.18 Å². The van der Waals surface area contributed by atoms with Crippen molar-refractivity contribution in [2.24, 2.45) is 0 Å². The molecule has 0 bridgehead atoms. The number of halogens is 4. The third kappa shape index (κ3) is 3.46. The lowest BCUT2D eigenvalue weighted by Crippen LogP contribution is -2.17. The second-order valence-corrected chi connectivity index (χ2v) is 4.66. The monoisotopic (exact) mass is 314 g/mol. The van der Waals surface area contributed by atoms with Gasteiger partial charge in [0.05, 0.1) is 16.8 Å². The minimum atomic E-state index is -4.61. The highest BCUT2D eigenvalue weighted by Crippen LogP contribution is 2.35. The number of nitrogens with two attached hydrogens (primary N) is 1. The molecule has 0 aromatic heterocycles. The number of rotatable bonds is 2. The van der Waals surface area contributed by atoms with Gasteiger partial charge in [-0.05, 0) is 36.4 Å². The third-order valence-corrected chi connectivity index (χ3v) is 3.01. The highest BCUT2D eigenvalue weighted by molar-refractivity contribution is 6.30. The Bertz CT molecular complexity index is 669. The Morgan fingerprint density at radius 1 is 1.10 bits per heavy atom. The van der Waals surface area contributed by atoms with E-state index in [9.17, 15) is 18.0 Å².